The van der Waals surface area contributed by atoms with Gasteiger partial charge in [0.1, 0.15) is 5.65 Å². The van der Waals surface area contributed by atoms with Gasteiger partial charge in [0.25, 0.3) is 0 Å². The fourth-order valence-corrected chi connectivity index (χ4v) is 2.60. The number of imidazole rings is 1. The smallest absolute Gasteiger partial charge is 0.183 e. The van der Waals surface area contributed by atoms with Gasteiger partial charge in [-0.15, -0.1) is 10.2 Å². The summed E-state index contributed by atoms with van der Waals surface area (Å²) in [5.74, 6) is 0.986. The van der Waals surface area contributed by atoms with Crippen LogP contribution in [0.3, 0.4) is 0 Å². The highest BCUT2D eigenvalue weighted by Gasteiger charge is 2.15. The molecule has 4 nitrogen and oxygen atoms in total. The Labute approximate surface area is 140 Å². The highest BCUT2D eigenvalue weighted by molar-refractivity contribution is 6.30. The minimum atomic E-state index is 0.251. The third-order valence-corrected chi connectivity index (χ3v) is 3.97. The van der Waals surface area contributed by atoms with Crippen molar-refractivity contribution < 1.29 is 0 Å². The Kier molecular flexibility index (Phi) is 4.18. The fourth-order valence-electron chi connectivity index (χ4n) is 2.44. The molecular formula is C18H19ClN4. The van der Waals surface area contributed by atoms with Crippen molar-refractivity contribution in [3.63, 3.8) is 0 Å². The first-order chi connectivity index (χ1) is 11.0. The van der Waals surface area contributed by atoms with Crippen molar-refractivity contribution in [2.75, 3.05) is 0 Å². The average Bonchev–Trinajstić information content (AvgIpc) is 2.86. The minimum absolute atomic E-state index is 0.251. The van der Waals surface area contributed by atoms with E-state index in [1.165, 1.54) is 0 Å². The zero-order chi connectivity index (χ0) is 16.6. The van der Waals surface area contributed by atoms with Crippen LogP contribution in [0.1, 0.15) is 36.6 Å². The summed E-state index contributed by atoms with van der Waals surface area (Å²) in [4.78, 5) is 4.66. The van der Waals surface area contributed by atoms with Crippen LogP contribution in [0.2, 0.25) is 5.02 Å². The molecule has 2 aromatic heterocycles. The van der Waals surface area contributed by atoms with E-state index in [4.69, 9.17) is 11.6 Å². The van der Waals surface area contributed by atoms with Crippen molar-refractivity contribution in [2.45, 2.75) is 33.6 Å². The first-order valence-electron chi connectivity index (χ1n) is 7.62. The van der Waals surface area contributed by atoms with Gasteiger partial charge in [-0.25, -0.2) is 4.98 Å². The van der Waals surface area contributed by atoms with Crippen LogP contribution in [-0.2, 0) is 0 Å². The van der Waals surface area contributed by atoms with Crippen molar-refractivity contribution in [3.05, 3.63) is 58.4 Å². The SMILES string of the molecule is Cc1ccc(C)c(N=Nc2c(C(C)C)nc3ccc(Cl)cn23)c1. The molecule has 0 unspecified atom stereocenters. The van der Waals surface area contributed by atoms with E-state index in [-0.39, 0.29) is 5.92 Å². The Morgan fingerprint density at radius 2 is 1.87 bits per heavy atom. The number of rotatable bonds is 3. The third kappa shape index (κ3) is 3.13. The fraction of sp³-hybridized carbons (Fsp3) is 0.278. The van der Waals surface area contributed by atoms with E-state index in [1.807, 2.05) is 42.6 Å². The molecule has 3 rings (SSSR count). The maximum absolute atomic E-state index is 6.12. The largest absolute Gasteiger partial charge is 0.281 e. The summed E-state index contributed by atoms with van der Waals surface area (Å²) in [6, 6.07) is 9.88. The predicted octanol–water partition coefficient (Wildman–Crippen LogP) is 6.14. The normalized spacial score (nSPS) is 11.9. The van der Waals surface area contributed by atoms with Crippen molar-refractivity contribution in [1.29, 1.82) is 0 Å². The highest BCUT2D eigenvalue weighted by atomic mass is 35.5. The molecule has 0 saturated heterocycles. The molecule has 0 aliphatic carbocycles. The Morgan fingerprint density at radius 1 is 1.09 bits per heavy atom. The number of nitrogens with zero attached hydrogens (tertiary/aromatic N) is 4. The van der Waals surface area contributed by atoms with E-state index in [2.05, 4.69) is 41.2 Å². The van der Waals surface area contributed by atoms with Gasteiger partial charge in [0.15, 0.2) is 5.82 Å². The second-order valence-electron chi connectivity index (χ2n) is 6.04. The molecule has 0 fully saturated rings. The van der Waals surface area contributed by atoms with Gasteiger partial charge in [-0.1, -0.05) is 37.6 Å². The molecule has 0 N–H and O–H groups in total. The first kappa shape index (κ1) is 15.7. The average molecular weight is 327 g/mol. The molecular weight excluding hydrogens is 308 g/mol. The molecule has 0 saturated carbocycles. The Balaban J connectivity index is 2.14. The Bertz CT molecular complexity index is 893. The van der Waals surface area contributed by atoms with E-state index in [1.54, 1.807) is 0 Å². The number of hydrogen-bond donors (Lipinski definition) is 0. The summed E-state index contributed by atoms with van der Waals surface area (Å²) in [7, 11) is 0. The molecule has 0 amide bonds. The lowest BCUT2D eigenvalue weighted by atomic mass is 10.1. The van der Waals surface area contributed by atoms with Crippen LogP contribution >= 0.6 is 11.6 Å². The molecule has 5 heteroatoms. The van der Waals surface area contributed by atoms with Gasteiger partial charge in [0.2, 0.25) is 0 Å². The van der Waals surface area contributed by atoms with Crippen molar-refractivity contribution >= 4 is 28.8 Å². The van der Waals surface area contributed by atoms with Gasteiger partial charge in [-0.3, -0.25) is 4.40 Å². The standard InChI is InChI=1S/C18H19ClN4/c1-11(2)17-18(23-10-14(19)7-8-16(23)20-17)22-21-15-9-12(3)5-6-13(15)4/h5-11H,1-4H3. The second-order valence-corrected chi connectivity index (χ2v) is 6.48. The summed E-state index contributed by atoms with van der Waals surface area (Å²) >= 11 is 6.12. The van der Waals surface area contributed by atoms with Crippen LogP contribution in [0.5, 0.6) is 0 Å². The van der Waals surface area contributed by atoms with Gasteiger partial charge in [-0.2, -0.15) is 0 Å². The molecule has 0 aliphatic rings. The first-order valence-corrected chi connectivity index (χ1v) is 8.00. The molecule has 3 aromatic rings. The van der Waals surface area contributed by atoms with Crippen LogP contribution in [-0.4, -0.2) is 9.38 Å². The van der Waals surface area contributed by atoms with Crippen LogP contribution in [0.25, 0.3) is 5.65 Å². The van der Waals surface area contributed by atoms with E-state index in [0.29, 0.717) is 5.02 Å². The number of aryl methyl sites for hydroxylation is 2. The summed E-state index contributed by atoms with van der Waals surface area (Å²) in [5.41, 5.74) is 4.87. The number of azo groups is 1. The van der Waals surface area contributed by atoms with E-state index in [9.17, 15) is 0 Å². The molecule has 2 heterocycles. The zero-order valence-corrected chi connectivity index (χ0v) is 14.5. The molecule has 0 bridgehead atoms. The summed E-state index contributed by atoms with van der Waals surface area (Å²) < 4.78 is 1.90. The Morgan fingerprint density at radius 3 is 2.61 bits per heavy atom. The second kappa shape index (κ2) is 6.13. The van der Waals surface area contributed by atoms with Crippen molar-refractivity contribution in [1.82, 2.24) is 9.38 Å². The van der Waals surface area contributed by atoms with E-state index < -0.39 is 0 Å². The third-order valence-electron chi connectivity index (χ3n) is 3.75. The van der Waals surface area contributed by atoms with Crippen LogP contribution in [0, 0.1) is 13.8 Å². The summed E-state index contributed by atoms with van der Waals surface area (Å²) in [6.45, 7) is 8.27. The number of hydrogen-bond acceptors (Lipinski definition) is 3. The van der Waals surface area contributed by atoms with Gasteiger partial charge < -0.3 is 0 Å². The minimum Gasteiger partial charge on any atom is -0.281 e. The van der Waals surface area contributed by atoms with Gasteiger partial charge in [0.05, 0.1) is 16.4 Å². The molecule has 23 heavy (non-hydrogen) atoms. The number of aromatic nitrogens is 2. The van der Waals surface area contributed by atoms with Gasteiger partial charge >= 0.3 is 0 Å². The summed E-state index contributed by atoms with van der Waals surface area (Å²) in [5, 5.41) is 9.60. The van der Waals surface area contributed by atoms with Gasteiger partial charge in [0, 0.05) is 6.20 Å². The van der Waals surface area contributed by atoms with Gasteiger partial charge in [-0.05, 0) is 49.1 Å². The summed E-state index contributed by atoms with van der Waals surface area (Å²) in [6.07, 6.45) is 1.83. The quantitative estimate of drug-likeness (QED) is 0.533. The molecule has 0 radical (unpaired) electrons. The highest BCUT2D eigenvalue weighted by Crippen LogP contribution is 2.31. The number of fused-ring (bicyclic) bond motifs is 1. The monoisotopic (exact) mass is 326 g/mol. The molecule has 118 valence electrons. The molecule has 0 atom stereocenters. The maximum Gasteiger partial charge on any atom is 0.183 e. The lowest BCUT2D eigenvalue weighted by molar-refractivity contribution is 0.831. The maximum atomic E-state index is 6.12. The topological polar surface area (TPSA) is 42.0 Å². The molecule has 0 spiro atoms. The lowest BCUT2D eigenvalue weighted by Crippen LogP contribution is -1.88. The van der Waals surface area contributed by atoms with E-state index in [0.717, 1.165) is 34.0 Å². The molecule has 0 aliphatic heterocycles. The van der Waals surface area contributed by atoms with Crippen molar-refractivity contribution in [2.24, 2.45) is 10.2 Å². The van der Waals surface area contributed by atoms with E-state index >= 15 is 0 Å². The Hall–Kier alpha value is -2.20. The predicted molar refractivity (Wildman–Crippen MR) is 94.4 cm³/mol. The van der Waals surface area contributed by atoms with Crippen LogP contribution in [0.15, 0.2) is 46.8 Å². The lowest BCUT2D eigenvalue weighted by Gasteiger charge is -2.03. The number of halogens is 1. The zero-order valence-electron chi connectivity index (χ0n) is 13.7. The molecule has 1 aromatic carbocycles. The van der Waals surface area contributed by atoms with Crippen LogP contribution < -0.4 is 0 Å². The van der Waals surface area contributed by atoms with Crippen molar-refractivity contribution in [3.8, 4) is 0 Å². The van der Waals surface area contributed by atoms with Crippen LogP contribution in [0.4, 0.5) is 11.5 Å². The number of pyridine rings is 1. The number of benzene rings is 1.